The molecule has 10 rings (SSSR count). The maximum atomic E-state index is 6.92. The van der Waals surface area contributed by atoms with E-state index in [-0.39, 0.29) is 22.5 Å². The van der Waals surface area contributed by atoms with Crippen LogP contribution >= 0.6 is 0 Å². The fourth-order valence-electron chi connectivity index (χ4n) is 10.3. The first-order valence-corrected chi connectivity index (χ1v) is 21.2. The van der Waals surface area contributed by atoms with Crippen LogP contribution in [-0.4, -0.2) is 27.1 Å². The molecule has 7 aromatic rings. The van der Waals surface area contributed by atoms with E-state index in [1.807, 2.05) is 6.20 Å². The smallest absolute Gasteiger partial charge is 0.217 e. The second-order valence-corrected chi connectivity index (χ2v) is 19.0. The molecule has 292 valence electrons. The monoisotopic (exact) mass is 762 g/mol. The van der Waals surface area contributed by atoms with Crippen LogP contribution in [0, 0.1) is 20.8 Å². The van der Waals surface area contributed by atoms with E-state index < -0.39 is 0 Å². The summed E-state index contributed by atoms with van der Waals surface area (Å²) in [4.78, 5) is 12.9. The van der Waals surface area contributed by atoms with Crippen molar-refractivity contribution in [2.75, 3.05) is 4.90 Å². The third kappa shape index (κ3) is 5.64. The van der Waals surface area contributed by atoms with Crippen molar-refractivity contribution in [2.24, 2.45) is 4.99 Å². The summed E-state index contributed by atoms with van der Waals surface area (Å²) in [6, 6.07) is 39.0. The number of rotatable bonds is 4. The quantitative estimate of drug-likeness (QED) is 0.179. The van der Waals surface area contributed by atoms with Crippen LogP contribution in [0.3, 0.4) is 0 Å². The molecule has 2 aromatic heterocycles. The van der Waals surface area contributed by atoms with Crippen molar-refractivity contribution in [3.63, 3.8) is 0 Å². The van der Waals surface area contributed by atoms with Crippen LogP contribution in [0.4, 0.5) is 17.1 Å². The molecular formula is C53H54N4O. The van der Waals surface area contributed by atoms with E-state index in [4.69, 9.17) is 14.7 Å². The highest BCUT2D eigenvalue weighted by Gasteiger charge is 2.45. The number of para-hydroxylation sites is 1. The minimum atomic E-state index is -0.269. The first-order chi connectivity index (χ1) is 27.7. The van der Waals surface area contributed by atoms with Gasteiger partial charge in [-0.15, -0.1) is 0 Å². The molecule has 1 saturated carbocycles. The van der Waals surface area contributed by atoms with Gasteiger partial charge in [0.2, 0.25) is 5.90 Å². The van der Waals surface area contributed by atoms with E-state index in [1.165, 1.54) is 79.5 Å². The van der Waals surface area contributed by atoms with Crippen LogP contribution in [0.25, 0.3) is 38.8 Å². The summed E-state index contributed by atoms with van der Waals surface area (Å²) in [5.74, 6) is 1.70. The highest BCUT2D eigenvalue weighted by Crippen LogP contribution is 2.54. The van der Waals surface area contributed by atoms with Gasteiger partial charge in [-0.2, -0.15) is 0 Å². The Morgan fingerprint density at radius 2 is 1.47 bits per heavy atom. The second-order valence-electron chi connectivity index (χ2n) is 19.0. The Morgan fingerprint density at radius 1 is 0.707 bits per heavy atom. The molecule has 5 aromatic carbocycles. The van der Waals surface area contributed by atoms with Gasteiger partial charge in [0, 0.05) is 33.6 Å². The van der Waals surface area contributed by atoms with Gasteiger partial charge in [0.25, 0.3) is 0 Å². The summed E-state index contributed by atoms with van der Waals surface area (Å²) >= 11 is 0. The van der Waals surface area contributed by atoms with Gasteiger partial charge in [-0.25, -0.2) is 9.98 Å². The number of ether oxygens (including phenoxy) is 1. The van der Waals surface area contributed by atoms with Crippen LogP contribution < -0.4 is 4.90 Å². The Kier molecular flexibility index (Phi) is 8.16. The van der Waals surface area contributed by atoms with Crippen molar-refractivity contribution in [1.82, 2.24) is 9.55 Å². The van der Waals surface area contributed by atoms with Gasteiger partial charge >= 0.3 is 0 Å². The van der Waals surface area contributed by atoms with Gasteiger partial charge in [-0.3, -0.25) is 4.57 Å². The highest BCUT2D eigenvalue weighted by molar-refractivity contribution is 6.12. The first kappa shape index (κ1) is 36.6. The zero-order chi connectivity index (χ0) is 40.3. The SMILES string of the molecule is Cc1ccc2c(c1)c1cc3c(cc1n2-c1cc(C(C)(C)C)ccn1)N(c1cc(C2=N[C@@H]4CCCC[C@]4(C)O2)cc(-c2c(C)cccc2C)c1)c1ccccc1C3(C)C. The molecule has 4 heterocycles. The molecule has 58 heavy (non-hydrogen) atoms. The van der Waals surface area contributed by atoms with Gasteiger partial charge in [0.05, 0.1) is 28.5 Å². The fourth-order valence-corrected chi connectivity index (χ4v) is 10.3. The number of fused-ring (bicyclic) bond motifs is 6. The van der Waals surface area contributed by atoms with Gasteiger partial charge < -0.3 is 9.64 Å². The number of aliphatic imine (C=N–C) groups is 1. The van der Waals surface area contributed by atoms with Crippen LogP contribution in [0.15, 0.2) is 114 Å². The van der Waals surface area contributed by atoms with Crippen molar-refractivity contribution in [2.45, 2.75) is 110 Å². The third-order valence-electron chi connectivity index (χ3n) is 13.5. The Hall–Kier alpha value is -5.68. The number of hydrogen-bond donors (Lipinski definition) is 0. The van der Waals surface area contributed by atoms with Gasteiger partial charge in [-0.1, -0.05) is 89.1 Å². The lowest BCUT2D eigenvalue weighted by molar-refractivity contribution is 0.0447. The normalized spacial score (nSPS) is 19.8. The summed E-state index contributed by atoms with van der Waals surface area (Å²) < 4.78 is 9.31. The number of aromatic nitrogens is 2. The Labute approximate surface area is 343 Å². The summed E-state index contributed by atoms with van der Waals surface area (Å²) in [7, 11) is 0. The van der Waals surface area contributed by atoms with Crippen molar-refractivity contribution in [3.8, 4) is 16.9 Å². The standard InChI is InChI=1S/C53H54N4O/c1-32-20-21-43-39(25-32)40-30-42-46(31-45(40)57(43)48-29-37(22-24-54-48)51(4,5)6)56(44-18-11-10-17-41(44)52(42,7)8)38-27-35(49-33(2)15-14-16-34(49)3)26-36(28-38)50-55-47-19-12-13-23-53(47,9)58-50/h10-11,14-18,20-22,24-31,47H,12-13,19,23H2,1-9H3/t47-,53+/m1/s1. The van der Waals surface area contributed by atoms with Gasteiger partial charge in [0.15, 0.2) is 0 Å². The molecule has 5 heteroatoms. The molecule has 1 aliphatic carbocycles. The van der Waals surface area contributed by atoms with Crippen LogP contribution in [0.5, 0.6) is 0 Å². The number of benzene rings is 5. The first-order valence-electron chi connectivity index (χ1n) is 21.2. The predicted octanol–water partition coefficient (Wildman–Crippen LogP) is 13.7. The van der Waals surface area contributed by atoms with Gasteiger partial charge in [-0.05, 0) is 152 Å². The molecule has 2 atom stereocenters. The zero-order valence-corrected chi connectivity index (χ0v) is 35.5. The Morgan fingerprint density at radius 3 is 2.24 bits per heavy atom. The average Bonchev–Trinajstić information content (AvgIpc) is 3.71. The van der Waals surface area contributed by atoms with E-state index in [0.29, 0.717) is 0 Å². The number of aryl methyl sites for hydroxylation is 3. The molecular weight excluding hydrogens is 709 g/mol. The maximum absolute atomic E-state index is 6.92. The number of pyridine rings is 1. The molecule has 0 bridgehead atoms. The topological polar surface area (TPSA) is 42.7 Å². The molecule has 5 nitrogen and oxygen atoms in total. The average molecular weight is 763 g/mol. The van der Waals surface area contributed by atoms with Crippen LogP contribution in [-0.2, 0) is 15.6 Å². The van der Waals surface area contributed by atoms with E-state index >= 15 is 0 Å². The second kappa shape index (κ2) is 12.9. The van der Waals surface area contributed by atoms with Crippen molar-refractivity contribution in [3.05, 3.63) is 148 Å². The largest absolute Gasteiger partial charge is 0.469 e. The molecule has 0 N–H and O–H groups in total. The number of hydrogen-bond acceptors (Lipinski definition) is 4. The molecule has 0 amide bonds. The summed E-state index contributed by atoms with van der Waals surface area (Å²) in [5.41, 5.74) is 16.3. The lowest BCUT2D eigenvalue weighted by Crippen LogP contribution is -2.39. The summed E-state index contributed by atoms with van der Waals surface area (Å²) in [5, 5.41) is 2.48. The van der Waals surface area contributed by atoms with Crippen molar-refractivity contribution in [1.29, 1.82) is 0 Å². The molecule has 0 radical (unpaired) electrons. The van der Waals surface area contributed by atoms with Crippen LogP contribution in [0.1, 0.15) is 106 Å². The van der Waals surface area contributed by atoms with E-state index in [2.05, 4.69) is 175 Å². The van der Waals surface area contributed by atoms with Crippen molar-refractivity contribution < 1.29 is 4.74 Å². The van der Waals surface area contributed by atoms with E-state index in [1.54, 1.807) is 0 Å². The molecule has 0 saturated heterocycles. The van der Waals surface area contributed by atoms with E-state index in [9.17, 15) is 0 Å². The summed E-state index contributed by atoms with van der Waals surface area (Å²) in [6.07, 6.45) is 6.46. The molecule has 2 aliphatic heterocycles. The summed E-state index contributed by atoms with van der Waals surface area (Å²) in [6.45, 7) is 20.5. The zero-order valence-electron chi connectivity index (χ0n) is 35.5. The predicted molar refractivity (Wildman–Crippen MR) is 242 cm³/mol. The van der Waals surface area contributed by atoms with E-state index in [0.717, 1.165) is 46.8 Å². The minimum absolute atomic E-state index is 0.0164. The lowest BCUT2D eigenvalue weighted by Gasteiger charge is -2.42. The van der Waals surface area contributed by atoms with Gasteiger partial charge in [0.1, 0.15) is 11.4 Å². The number of nitrogens with zero attached hydrogens (tertiary/aromatic N) is 4. The maximum Gasteiger partial charge on any atom is 0.217 e. The fraction of sp³-hybridized carbons (Fsp3) is 0.321. The van der Waals surface area contributed by atoms with Crippen molar-refractivity contribution >= 4 is 44.8 Å². The Bertz CT molecular complexity index is 2830. The minimum Gasteiger partial charge on any atom is -0.469 e. The van der Waals surface area contributed by atoms with Crippen LogP contribution in [0.2, 0.25) is 0 Å². The molecule has 1 fully saturated rings. The lowest BCUT2D eigenvalue weighted by atomic mass is 9.73. The number of anilines is 3. The molecule has 0 spiro atoms. The Balaban J connectivity index is 1.27. The highest BCUT2D eigenvalue weighted by atomic mass is 16.5. The molecule has 0 unspecified atom stereocenters. The molecule has 3 aliphatic rings. The third-order valence-corrected chi connectivity index (χ3v) is 13.5.